The predicted octanol–water partition coefficient (Wildman–Crippen LogP) is 3.98. The van der Waals surface area contributed by atoms with Crippen LogP contribution < -0.4 is 4.90 Å². The minimum absolute atomic E-state index is 0.104. The van der Waals surface area contributed by atoms with Crippen molar-refractivity contribution in [2.45, 2.75) is 12.8 Å². The second kappa shape index (κ2) is 8.57. The summed E-state index contributed by atoms with van der Waals surface area (Å²) in [6, 6.07) is 14.6. The van der Waals surface area contributed by atoms with Crippen LogP contribution in [0.15, 0.2) is 59.1 Å². The minimum atomic E-state index is 0.104. The highest BCUT2D eigenvalue weighted by Gasteiger charge is 2.21. The standard InChI is InChI=1S/C22H22ClN3O3/c23-17-6-4-16(5-7-17)20-15-24-21(29-20)8-9-22(28)26-12-10-25(11-13-26)18-2-1-3-19(27)14-18/h1-7,14-15,27H,8-13H2. The number of aromatic nitrogens is 1. The van der Waals surface area contributed by atoms with Crippen molar-refractivity contribution in [3.8, 4) is 17.1 Å². The number of oxazole rings is 1. The van der Waals surface area contributed by atoms with Crippen LogP contribution in [0.4, 0.5) is 5.69 Å². The van der Waals surface area contributed by atoms with Crippen molar-refractivity contribution in [2.75, 3.05) is 31.1 Å². The van der Waals surface area contributed by atoms with Gasteiger partial charge in [0.1, 0.15) is 5.75 Å². The van der Waals surface area contributed by atoms with E-state index in [1.165, 1.54) is 0 Å². The van der Waals surface area contributed by atoms with Crippen molar-refractivity contribution in [3.63, 3.8) is 0 Å². The smallest absolute Gasteiger partial charge is 0.223 e. The Morgan fingerprint density at radius 1 is 1.10 bits per heavy atom. The Labute approximate surface area is 174 Å². The van der Waals surface area contributed by atoms with E-state index in [1.807, 2.05) is 29.2 Å². The Morgan fingerprint density at radius 2 is 1.86 bits per heavy atom. The Morgan fingerprint density at radius 3 is 2.59 bits per heavy atom. The molecule has 6 nitrogen and oxygen atoms in total. The molecule has 1 aliphatic rings. The van der Waals surface area contributed by atoms with E-state index in [2.05, 4.69) is 9.88 Å². The lowest BCUT2D eigenvalue weighted by Gasteiger charge is -2.36. The summed E-state index contributed by atoms with van der Waals surface area (Å²) >= 11 is 5.91. The zero-order chi connectivity index (χ0) is 20.2. The van der Waals surface area contributed by atoms with Crippen molar-refractivity contribution in [1.82, 2.24) is 9.88 Å². The first-order chi connectivity index (χ1) is 14.1. The lowest BCUT2D eigenvalue weighted by molar-refractivity contribution is -0.131. The van der Waals surface area contributed by atoms with E-state index in [0.29, 0.717) is 42.6 Å². The molecule has 2 aromatic carbocycles. The summed E-state index contributed by atoms with van der Waals surface area (Å²) in [6.07, 6.45) is 2.52. The average Bonchev–Trinajstić information content (AvgIpc) is 3.22. The molecule has 0 unspecified atom stereocenters. The summed E-state index contributed by atoms with van der Waals surface area (Å²) in [4.78, 5) is 20.9. The fourth-order valence-electron chi connectivity index (χ4n) is 3.45. The van der Waals surface area contributed by atoms with E-state index < -0.39 is 0 Å². The highest BCUT2D eigenvalue weighted by Crippen LogP contribution is 2.24. The first kappa shape index (κ1) is 19.3. The van der Waals surface area contributed by atoms with E-state index >= 15 is 0 Å². The van der Waals surface area contributed by atoms with Gasteiger partial charge in [0.15, 0.2) is 11.7 Å². The van der Waals surface area contributed by atoms with Gasteiger partial charge in [0.05, 0.1) is 6.20 Å². The maximum Gasteiger partial charge on any atom is 0.223 e. The maximum absolute atomic E-state index is 12.6. The van der Waals surface area contributed by atoms with Crippen molar-refractivity contribution < 1.29 is 14.3 Å². The van der Waals surface area contributed by atoms with E-state index in [4.69, 9.17) is 16.0 Å². The summed E-state index contributed by atoms with van der Waals surface area (Å²) in [5.41, 5.74) is 1.88. The second-order valence-corrected chi connectivity index (χ2v) is 7.45. The molecular formula is C22H22ClN3O3. The third-order valence-electron chi connectivity index (χ3n) is 5.06. The van der Waals surface area contributed by atoms with Crippen LogP contribution in [0.2, 0.25) is 5.02 Å². The molecule has 29 heavy (non-hydrogen) atoms. The SMILES string of the molecule is O=C(CCc1ncc(-c2ccc(Cl)cc2)o1)N1CCN(c2cccc(O)c2)CC1. The summed E-state index contributed by atoms with van der Waals surface area (Å²) in [7, 11) is 0. The number of halogens is 1. The Kier molecular flexibility index (Phi) is 5.71. The van der Waals surface area contributed by atoms with E-state index in [0.717, 1.165) is 24.3 Å². The molecule has 150 valence electrons. The first-order valence-corrected chi connectivity index (χ1v) is 9.99. The van der Waals surface area contributed by atoms with E-state index in [-0.39, 0.29) is 11.7 Å². The van der Waals surface area contributed by atoms with Crippen LogP contribution in [-0.2, 0) is 11.2 Å². The second-order valence-electron chi connectivity index (χ2n) is 7.01. The molecular weight excluding hydrogens is 390 g/mol. The number of phenols is 1. The zero-order valence-electron chi connectivity index (χ0n) is 15.9. The van der Waals surface area contributed by atoms with Gasteiger partial charge in [0, 0.05) is 61.4 Å². The van der Waals surface area contributed by atoms with Crippen molar-refractivity contribution in [2.24, 2.45) is 0 Å². The fraction of sp³-hybridized carbons (Fsp3) is 0.273. The quantitative estimate of drug-likeness (QED) is 0.687. The summed E-state index contributed by atoms with van der Waals surface area (Å²) in [5.74, 6) is 1.59. The summed E-state index contributed by atoms with van der Waals surface area (Å²) in [6.45, 7) is 2.82. The molecule has 1 N–H and O–H groups in total. The molecule has 1 amide bonds. The molecule has 1 fully saturated rings. The highest BCUT2D eigenvalue weighted by molar-refractivity contribution is 6.30. The zero-order valence-corrected chi connectivity index (χ0v) is 16.7. The van der Waals surface area contributed by atoms with Gasteiger partial charge >= 0.3 is 0 Å². The number of piperazine rings is 1. The molecule has 3 aromatic rings. The molecule has 1 aromatic heterocycles. The van der Waals surface area contributed by atoms with Gasteiger partial charge in [0.25, 0.3) is 0 Å². The van der Waals surface area contributed by atoms with Gasteiger partial charge < -0.3 is 19.3 Å². The molecule has 0 aliphatic carbocycles. The number of rotatable bonds is 5. The van der Waals surface area contributed by atoms with Gasteiger partial charge in [-0.25, -0.2) is 4.98 Å². The van der Waals surface area contributed by atoms with Crippen molar-refractivity contribution in [3.05, 3.63) is 65.6 Å². The van der Waals surface area contributed by atoms with Gasteiger partial charge in [0.2, 0.25) is 5.91 Å². The van der Waals surface area contributed by atoms with Crippen LogP contribution in [-0.4, -0.2) is 47.1 Å². The number of benzene rings is 2. The molecule has 4 rings (SSSR count). The molecule has 0 spiro atoms. The normalized spacial score (nSPS) is 14.2. The minimum Gasteiger partial charge on any atom is -0.508 e. The van der Waals surface area contributed by atoms with E-state index in [1.54, 1.807) is 30.5 Å². The largest absolute Gasteiger partial charge is 0.508 e. The van der Waals surface area contributed by atoms with E-state index in [9.17, 15) is 9.90 Å². The molecule has 0 bridgehead atoms. The van der Waals surface area contributed by atoms with Crippen LogP contribution in [0.1, 0.15) is 12.3 Å². The van der Waals surface area contributed by atoms with Gasteiger partial charge in [-0.15, -0.1) is 0 Å². The number of aryl methyl sites for hydroxylation is 1. The van der Waals surface area contributed by atoms with Crippen LogP contribution in [0.5, 0.6) is 5.75 Å². The third kappa shape index (κ3) is 4.71. The predicted molar refractivity (Wildman–Crippen MR) is 112 cm³/mol. The van der Waals surface area contributed by atoms with Crippen LogP contribution in [0, 0.1) is 0 Å². The molecule has 0 radical (unpaired) electrons. The third-order valence-corrected chi connectivity index (χ3v) is 5.31. The monoisotopic (exact) mass is 411 g/mol. The number of aromatic hydroxyl groups is 1. The number of carbonyl (C=O) groups is 1. The molecule has 7 heteroatoms. The molecule has 2 heterocycles. The number of anilines is 1. The molecule has 0 atom stereocenters. The number of hydrogen-bond donors (Lipinski definition) is 1. The topological polar surface area (TPSA) is 69.8 Å². The van der Waals surface area contributed by atoms with Gasteiger partial charge in [-0.2, -0.15) is 0 Å². The van der Waals surface area contributed by atoms with Crippen LogP contribution in [0.25, 0.3) is 11.3 Å². The Balaban J connectivity index is 1.28. The fourth-order valence-corrected chi connectivity index (χ4v) is 3.58. The number of nitrogens with zero attached hydrogens (tertiary/aromatic N) is 3. The lowest BCUT2D eigenvalue weighted by atomic mass is 10.2. The van der Waals surface area contributed by atoms with Gasteiger partial charge in [-0.1, -0.05) is 17.7 Å². The van der Waals surface area contributed by atoms with Crippen LogP contribution >= 0.6 is 11.6 Å². The van der Waals surface area contributed by atoms with Gasteiger partial charge in [-0.3, -0.25) is 4.79 Å². The molecule has 1 saturated heterocycles. The molecule has 0 saturated carbocycles. The average molecular weight is 412 g/mol. The Bertz CT molecular complexity index is 979. The first-order valence-electron chi connectivity index (χ1n) is 9.61. The molecule has 1 aliphatic heterocycles. The Hall–Kier alpha value is -2.99. The summed E-state index contributed by atoms with van der Waals surface area (Å²) in [5, 5.41) is 10.3. The number of amides is 1. The maximum atomic E-state index is 12.6. The van der Waals surface area contributed by atoms with Crippen molar-refractivity contribution in [1.29, 1.82) is 0 Å². The van der Waals surface area contributed by atoms with Crippen molar-refractivity contribution >= 4 is 23.2 Å². The highest BCUT2D eigenvalue weighted by atomic mass is 35.5. The number of carbonyl (C=O) groups excluding carboxylic acids is 1. The van der Waals surface area contributed by atoms with Crippen LogP contribution in [0.3, 0.4) is 0 Å². The number of hydrogen-bond acceptors (Lipinski definition) is 5. The number of phenolic OH excluding ortho intramolecular Hbond substituents is 1. The lowest BCUT2D eigenvalue weighted by Crippen LogP contribution is -2.48. The summed E-state index contributed by atoms with van der Waals surface area (Å²) < 4.78 is 5.78. The van der Waals surface area contributed by atoms with Gasteiger partial charge in [-0.05, 0) is 36.4 Å².